The molecule has 0 amide bonds. The standard InChI is InChI=1S/C19H37N3O10/c1-19(16-32-13-18(23)24,14-28-10-7-26-4-3-21-22-20)15-29-11-8-27-9-12-31-17-30-6-5-25-2/h3-17H2,1-2H3,(H,23,24). The summed E-state index contributed by atoms with van der Waals surface area (Å²) in [6.45, 7) is 6.29. The van der Waals surface area contributed by atoms with E-state index in [-0.39, 0.29) is 19.9 Å². The van der Waals surface area contributed by atoms with Crippen LogP contribution in [0.1, 0.15) is 6.92 Å². The molecule has 0 aliphatic heterocycles. The molecule has 0 aromatic carbocycles. The highest BCUT2D eigenvalue weighted by molar-refractivity contribution is 5.67. The zero-order chi connectivity index (χ0) is 23.8. The van der Waals surface area contributed by atoms with Gasteiger partial charge >= 0.3 is 5.97 Å². The summed E-state index contributed by atoms with van der Waals surface area (Å²) in [5.41, 5.74) is 7.65. The molecule has 0 saturated carbocycles. The van der Waals surface area contributed by atoms with Gasteiger partial charge in [0.25, 0.3) is 0 Å². The predicted octanol–water partition coefficient (Wildman–Crippen LogP) is 1.11. The van der Waals surface area contributed by atoms with Crippen LogP contribution in [0.25, 0.3) is 10.4 Å². The van der Waals surface area contributed by atoms with Crippen molar-refractivity contribution >= 4 is 5.97 Å². The van der Waals surface area contributed by atoms with Crippen LogP contribution in [0, 0.1) is 5.41 Å². The lowest BCUT2D eigenvalue weighted by molar-refractivity contribution is -0.145. The molecule has 0 heterocycles. The molecule has 0 bridgehead atoms. The number of hydrogen-bond donors (Lipinski definition) is 1. The number of ether oxygens (including phenoxy) is 8. The van der Waals surface area contributed by atoms with E-state index in [1.54, 1.807) is 7.11 Å². The smallest absolute Gasteiger partial charge is 0.329 e. The maximum Gasteiger partial charge on any atom is 0.329 e. The highest BCUT2D eigenvalue weighted by Gasteiger charge is 2.26. The first-order valence-corrected chi connectivity index (χ1v) is 10.3. The Morgan fingerprint density at radius 3 is 1.88 bits per heavy atom. The summed E-state index contributed by atoms with van der Waals surface area (Å²) in [6.07, 6.45) is 0. The zero-order valence-corrected chi connectivity index (χ0v) is 19.1. The van der Waals surface area contributed by atoms with E-state index in [9.17, 15) is 4.79 Å². The van der Waals surface area contributed by atoms with Gasteiger partial charge in [-0.25, -0.2) is 4.79 Å². The van der Waals surface area contributed by atoms with Crippen LogP contribution in [0.5, 0.6) is 0 Å². The van der Waals surface area contributed by atoms with Crippen LogP contribution in [0.2, 0.25) is 0 Å². The first-order chi connectivity index (χ1) is 15.5. The molecule has 1 unspecified atom stereocenters. The summed E-state index contributed by atoms with van der Waals surface area (Å²) in [4.78, 5) is 13.3. The molecule has 0 saturated heterocycles. The molecule has 0 rings (SSSR count). The number of carboxylic acids is 1. The van der Waals surface area contributed by atoms with E-state index in [0.717, 1.165) is 0 Å². The molecule has 1 N–H and O–H groups in total. The number of carbonyl (C=O) groups is 1. The maximum atomic E-state index is 10.7. The van der Waals surface area contributed by atoms with Crippen LogP contribution >= 0.6 is 0 Å². The summed E-state index contributed by atoms with van der Waals surface area (Å²) in [7, 11) is 1.60. The molecule has 0 spiro atoms. The van der Waals surface area contributed by atoms with E-state index in [1.807, 2.05) is 6.92 Å². The third-order valence-electron chi connectivity index (χ3n) is 3.69. The fraction of sp³-hybridized carbons (Fsp3) is 0.947. The highest BCUT2D eigenvalue weighted by Crippen LogP contribution is 2.18. The van der Waals surface area contributed by atoms with Crippen molar-refractivity contribution in [1.29, 1.82) is 0 Å². The Morgan fingerprint density at radius 2 is 1.31 bits per heavy atom. The predicted molar refractivity (Wildman–Crippen MR) is 112 cm³/mol. The van der Waals surface area contributed by atoms with Crippen molar-refractivity contribution in [2.45, 2.75) is 6.92 Å². The SMILES string of the molecule is COCCOCOCCOCCOCC(C)(COCCOCCN=[N+]=[N-])COCC(=O)O. The number of carboxylic acid groups (broad SMARTS) is 1. The Hall–Kier alpha value is -1.54. The molecule has 13 nitrogen and oxygen atoms in total. The largest absolute Gasteiger partial charge is 0.480 e. The van der Waals surface area contributed by atoms with Crippen molar-refractivity contribution in [3.8, 4) is 0 Å². The Kier molecular flexibility index (Phi) is 21.6. The first-order valence-electron chi connectivity index (χ1n) is 10.3. The quantitative estimate of drug-likeness (QED) is 0.0677. The lowest BCUT2D eigenvalue weighted by atomic mass is 9.94. The minimum Gasteiger partial charge on any atom is -0.480 e. The van der Waals surface area contributed by atoms with E-state index >= 15 is 0 Å². The number of nitrogens with zero attached hydrogens (tertiary/aromatic N) is 3. The van der Waals surface area contributed by atoms with Crippen LogP contribution in [0.4, 0.5) is 0 Å². The van der Waals surface area contributed by atoms with Crippen LogP contribution in [0.3, 0.4) is 0 Å². The minimum absolute atomic E-state index is 0.162. The average molecular weight is 468 g/mol. The normalized spacial score (nSPS) is 12.9. The number of azide groups is 1. The molecule has 13 heteroatoms. The Bertz CT molecular complexity index is 494. The lowest BCUT2D eigenvalue weighted by Crippen LogP contribution is -2.36. The second kappa shape index (κ2) is 22.6. The second-order valence-corrected chi connectivity index (χ2v) is 6.91. The van der Waals surface area contributed by atoms with E-state index < -0.39 is 18.0 Å². The Morgan fingerprint density at radius 1 is 0.812 bits per heavy atom. The van der Waals surface area contributed by atoms with Crippen LogP contribution in [0.15, 0.2) is 5.11 Å². The van der Waals surface area contributed by atoms with Crippen molar-refractivity contribution in [1.82, 2.24) is 0 Å². The van der Waals surface area contributed by atoms with Crippen molar-refractivity contribution in [3.63, 3.8) is 0 Å². The van der Waals surface area contributed by atoms with Gasteiger partial charge in [-0.15, -0.1) is 0 Å². The van der Waals surface area contributed by atoms with Gasteiger partial charge in [0.05, 0.1) is 79.3 Å². The molecule has 1 atom stereocenters. The molecule has 0 aromatic heterocycles. The van der Waals surface area contributed by atoms with Crippen LogP contribution in [-0.2, 0) is 42.7 Å². The third kappa shape index (κ3) is 21.7. The monoisotopic (exact) mass is 467 g/mol. The van der Waals surface area contributed by atoms with Gasteiger partial charge in [-0.2, -0.15) is 0 Å². The number of rotatable bonds is 25. The van der Waals surface area contributed by atoms with Gasteiger partial charge in [-0.3, -0.25) is 0 Å². The van der Waals surface area contributed by atoms with E-state index in [4.69, 9.17) is 48.5 Å². The molecular formula is C19H37N3O10. The fourth-order valence-electron chi connectivity index (χ4n) is 2.17. The molecule has 0 radical (unpaired) electrons. The average Bonchev–Trinajstić information content (AvgIpc) is 2.76. The Labute approximate surface area is 188 Å². The van der Waals surface area contributed by atoms with Gasteiger partial charge in [0.15, 0.2) is 0 Å². The number of aliphatic carboxylic acids is 1. The summed E-state index contributed by atoms with van der Waals surface area (Å²) >= 11 is 0. The number of hydrogen-bond acceptors (Lipinski definition) is 10. The van der Waals surface area contributed by atoms with Gasteiger partial charge in [-0.05, 0) is 5.53 Å². The van der Waals surface area contributed by atoms with Gasteiger partial charge in [0.1, 0.15) is 13.4 Å². The molecule has 0 fully saturated rings. The van der Waals surface area contributed by atoms with Crippen molar-refractivity contribution in [2.24, 2.45) is 10.5 Å². The molecular weight excluding hydrogens is 430 g/mol. The summed E-state index contributed by atoms with van der Waals surface area (Å²) in [5, 5.41) is 12.1. The fourth-order valence-corrected chi connectivity index (χ4v) is 2.17. The minimum atomic E-state index is -1.04. The third-order valence-corrected chi connectivity index (χ3v) is 3.69. The van der Waals surface area contributed by atoms with E-state index in [0.29, 0.717) is 72.7 Å². The van der Waals surface area contributed by atoms with Gasteiger partial charge < -0.3 is 43.0 Å². The molecule has 32 heavy (non-hydrogen) atoms. The van der Waals surface area contributed by atoms with E-state index in [2.05, 4.69) is 10.0 Å². The Balaban J connectivity index is 3.92. The van der Waals surface area contributed by atoms with Gasteiger partial charge in [0.2, 0.25) is 0 Å². The molecule has 0 aliphatic carbocycles. The molecule has 0 aliphatic rings. The molecule has 0 aromatic rings. The van der Waals surface area contributed by atoms with Crippen molar-refractivity contribution < 1.29 is 47.8 Å². The second-order valence-electron chi connectivity index (χ2n) is 6.91. The zero-order valence-electron chi connectivity index (χ0n) is 19.1. The van der Waals surface area contributed by atoms with Gasteiger partial charge in [0, 0.05) is 24.0 Å². The number of methoxy groups -OCH3 is 1. The topological polar surface area (TPSA) is 160 Å². The summed E-state index contributed by atoms with van der Waals surface area (Å²) in [5.74, 6) is -1.04. The summed E-state index contributed by atoms with van der Waals surface area (Å²) < 4.78 is 42.5. The summed E-state index contributed by atoms with van der Waals surface area (Å²) in [6, 6.07) is 0. The highest BCUT2D eigenvalue weighted by atomic mass is 16.7. The maximum absolute atomic E-state index is 10.7. The van der Waals surface area contributed by atoms with Crippen molar-refractivity contribution in [2.75, 3.05) is 106 Å². The van der Waals surface area contributed by atoms with Crippen LogP contribution < -0.4 is 0 Å². The first kappa shape index (κ1) is 30.5. The van der Waals surface area contributed by atoms with Crippen molar-refractivity contribution in [3.05, 3.63) is 10.4 Å². The van der Waals surface area contributed by atoms with Gasteiger partial charge in [-0.1, -0.05) is 12.0 Å². The lowest BCUT2D eigenvalue weighted by Gasteiger charge is -2.28. The van der Waals surface area contributed by atoms with Crippen LogP contribution in [-0.4, -0.2) is 117 Å². The molecule has 188 valence electrons. The van der Waals surface area contributed by atoms with E-state index in [1.165, 1.54) is 0 Å².